The lowest BCUT2D eigenvalue weighted by molar-refractivity contribution is 0.153. The van der Waals surface area contributed by atoms with Crippen LogP contribution in [0.5, 0.6) is 0 Å². The topological polar surface area (TPSA) is 45.8 Å². The Labute approximate surface area is 146 Å². The predicted molar refractivity (Wildman–Crippen MR) is 99.2 cm³/mol. The van der Waals surface area contributed by atoms with Gasteiger partial charge in [-0.25, -0.2) is 9.49 Å². The van der Waals surface area contributed by atoms with E-state index in [1.807, 2.05) is 6.07 Å². The van der Waals surface area contributed by atoms with Crippen molar-refractivity contribution < 1.29 is 4.39 Å². The molecule has 3 atom stereocenters. The Morgan fingerprint density at radius 3 is 2.42 bits per heavy atom. The highest BCUT2D eigenvalue weighted by Gasteiger charge is 2.40. The van der Waals surface area contributed by atoms with Crippen LogP contribution in [0.3, 0.4) is 0 Å². The third-order valence-electron chi connectivity index (χ3n) is 5.43. The first-order valence-corrected chi connectivity index (χ1v) is 9.70. The Morgan fingerprint density at radius 2 is 1.88 bits per heavy atom. The van der Waals surface area contributed by atoms with Crippen LogP contribution in [0.2, 0.25) is 0 Å². The summed E-state index contributed by atoms with van der Waals surface area (Å²) in [5.74, 6) is 0.327. The maximum atomic E-state index is 14.8. The van der Waals surface area contributed by atoms with Gasteiger partial charge in [-0.05, 0) is 31.2 Å². The van der Waals surface area contributed by atoms with Gasteiger partial charge in [0.05, 0.1) is 5.69 Å². The van der Waals surface area contributed by atoms with Gasteiger partial charge in [-0.1, -0.05) is 66.2 Å². The molecule has 1 heterocycles. The minimum Gasteiger partial charge on any atom is -0.268 e. The summed E-state index contributed by atoms with van der Waals surface area (Å²) < 4.78 is 14.8. The number of nitrogens with zero attached hydrogens (tertiary/aromatic N) is 1. The average Bonchev–Trinajstić information content (AvgIpc) is 2.59. The molecule has 3 unspecified atom stereocenters. The van der Waals surface area contributed by atoms with Crippen molar-refractivity contribution in [2.24, 2.45) is 5.92 Å². The van der Waals surface area contributed by atoms with Crippen LogP contribution in [0, 0.1) is 5.92 Å². The lowest BCUT2D eigenvalue weighted by atomic mass is 9.65. The predicted octanol–water partition coefficient (Wildman–Crippen LogP) is 5.55. The van der Waals surface area contributed by atoms with Crippen molar-refractivity contribution >= 4 is 0 Å². The molecule has 0 amide bonds. The van der Waals surface area contributed by atoms with Crippen LogP contribution in [0.15, 0.2) is 16.9 Å². The van der Waals surface area contributed by atoms with Crippen molar-refractivity contribution in [2.75, 3.05) is 0 Å². The summed E-state index contributed by atoms with van der Waals surface area (Å²) >= 11 is 0. The van der Waals surface area contributed by atoms with E-state index in [9.17, 15) is 9.18 Å². The van der Waals surface area contributed by atoms with Gasteiger partial charge in [0.25, 0.3) is 5.56 Å². The van der Waals surface area contributed by atoms with Gasteiger partial charge >= 0.3 is 0 Å². The van der Waals surface area contributed by atoms with Gasteiger partial charge in [0, 0.05) is 11.5 Å². The molecule has 0 radical (unpaired) electrons. The Kier molecular flexibility index (Phi) is 9.24. The van der Waals surface area contributed by atoms with Crippen LogP contribution in [0.25, 0.3) is 0 Å². The molecule has 0 saturated carbocycles. The summed E-state index contributed by atoms with van der Waals surface area (Å²) in [6, 6.07) is 3.34. The van der Waals surface area contributed by atoms with Gasteiger partial charge in [-0.2, -0.15) is 5.10 Å². The lowest BCUT2D eigenvalue weighted by Gasteiger charge is -2.39. The molecule has 0 aliphatic rings. The molecule has 0 aliphatic carbocycles. The first kappa shape index (κ1) is 20.9. The van der Waals surface area contributed by atoms with Crippen molar-refractivity contribution in [1.82, 2.24) is 10.2 Å². The number of aromatic amines is 1. The molecule has 1 aromatic rings. The number of rotatable bonds is 12. The molecule has 1 N–H and O–H groups in total. The summed E-state index contributed by atoms with van der Waals surface area (Å²) in [6.07, 6.45) is 7.52. The molecular weight excluding hydrogens is 303 g/mol. The Hall–Kier alpha value is -1.19. The zero-order valence-corrected chi connectivity index (χ0v) is 15.9. The van der Waals surface area contributed by atoms with E-state index in [1.54, 1.807) is 0 Å². The summed E-state index contributed by atoms with van der Waals surface area (Å²) in [6.45, 7) is 8.64. The SMILES string of the molecule is CCCCCC(CC(F)CCCC)(c1ccc(=O)[nH]n1)C(C)CC. The molecular formula is C20H35FN2O. The fourth-order valence-corrected chi connectivity index (χ4v) is 3.66. The number of halogens is 1. The lowest BCUT2D eigenvalue weighted by Crippen LogP contribution is -2.38. The van der Waals surface area contributed by atoms with E-state index >= 15 is 0 Å². The second-order valence-corrected chi connectivity index (χ2v) is 7.17. The fourth-order valence-electron chi connectivity index (χ4n) is 3.66. The van der Waals surface area contributed by atoms with E-state index in [2.05, 4.69) is 37.9 Å². The van der Waals surface area contributed by atoms with Crippen LogP contribution in [0.1, 0.15) is 91.2 Å². The smallest absolute Gasteiger partial charge is 0.264 e. The van der Waals surface area contributed by atoms with E-state index in [-0.39, 0.29) is 11.0 Å². The summed E-state index contributed by atoms with van der Waals surface area (Å²) in [5.41, 5.74) is 0.362. The van der Waals surface area contributed by atoms with Gasteiger partial charge in [0.1, 0.15) is 6.17 Å². The number of unbranched alkanes of at least 4 members (excludes halogenated alkanes) is 3. The van der Waals surface area contributed by atoms with Crippen molar-refractivity contribution in [2.45, 2.75) is 97.1 Å². The number of hydrogen-bond acceptors (Lipinski definition) is 2. The van der Waals surface area contributed by atoms with Crippen molar-refractivity contribution in [1.29, 1.82) is 0 Å². The minimum atomic E-state index is -0.811. The largest absolute Gasteiger partial charge is 0.268 e. The zero-order valence-electron chi connectivity index (χ0n) is 15.9. The van der Waals surface area contributed by atoms with Gasteiger partial charge in [-0.15, -0.1) is 0 Å². The number of hydrogen-bond donors (Lipinski definition) is 1. The Bertz CT molecular complexity index is 496. The van der Waals surface area contributed by atoms with Crippen LogP contribution >= 0.6 is 0 Å². The maximum absolute atomic E-state index is 14.8. The molecule has 0 bridgehead atoms. The standard InChI is InChI=1S/C20H35FN2O/c1-5-8-10-14-20(16(4)7-3,15-17(21)11-9-6-2)18-12-13-19(24)23-22-18/h12-13,16-17H,5-11,14-15H2,1-4H3,(H,23,24). The molecule has 1 rings (SSSR count). The number of H-pyrrole nitrogens is 1. The van der Waals surface area contributed by atoms with Crippen molar-refractivity contribution in [3.8, 4) is 0 Å². The molecule has 0 fully saturated rings. The molecule has 3 nitrogen and oxygen atoms in total. The van der Waals surface area contributed by atoms with E-state index in [4.69, 9.17) is 0 Å². The first-order valence-electron chi connectivity index (χ1n) is 9.70. The van der Waals surface area contributed by atoms with Gasteiger partial charge in [0.2, 0.25) is 0 Å². The van der Waals surface area contributed by atoms with Gasteiger partial charge in [-0.3, -0.25) is 4.79 Å². The van der Waals surface area contributed by atoms with Crippen molar-refractivity contribution in [3.05, 3.63) is 28.2 Å². The first-order chi connectivity index (χ1) is 11.5. The summed E-state index contributed by atoms with van der Waals surface area (Å²) in [5, 5.41) is 6.89. The normalized spacial score (nSPS) is 16.5. The Morgan fingerprint density at radius 1 is 1.17 bits per heavy atom. The quantitative estimate of drug-likeness (QED) is 0.508. The molecule has 0 saturated heterocycles. The minimum absolute atomic E-state index is 0.201. The van der Waals surface area contributed by atoms with Crippen LogP contribution in [-0.2, 0) is 5.41 Å². The highest BCUT2D eigenvalue weighted by molar-refractivity contribution is 5.17. The van der Waals surface area contributed by atoms with Crippen LogP contribution in [0.4, 0.5) is 4.39 Å². The number of aromatic nitrogens is 2. The second kappa shape index (κ2) is 10.6. The second-order valence-electron chi connectivity index (χ2n) is 7.17. The Balaban J connectivity index is 3.16. The molecule has 1 aromatic heterocycles. The monoisotopic (exact) mass is 338 g/mol. The maximum Gasteiger partial charge on any atom is 0.264 e. The van der Waals surface area contributed by atoms with Gasteiger partial charge < -0.3 is 0 Å². The fraction of sp³-hybridized carbons (Fsp3) is 0.800. The highest BCUT2D eigenvalue weighted by atomic mass is 19.1. The van der Waals surface area contributed by atoms with E-state index in [1.165, 1.54) is 6.07 Å². The number of nitrogens with one attached hydrogen (secondary N) is 1. The van der Waals surface area contributed by atoms with Crippen LogP contribution in [-0.4, -0.2) is 16.4 Å². The highest BCUT2D eigenvalue weighted by Crippen LogP contribution is 2.43. The molecule has 0 spiro atoms. The molecule has 0 aromatic carbocycles. The molecule has 4 heteroatoms. The third-order valence-corrected chi connectivity index (χ3v) is 5.43. The van der Waals surface area contributed by atoms with Crippen molar-refractivity contribution in [3.63, 3.8) is 0 Å². The zero-order chi connectivity index (χ0) is 18.0. The summed E-state index contributed by atoms with van der Waals surface area (Å²) in [4.78, 5) is 11.4. The molecule has 24 heavy (non-hydrogen) atoms. The summed E-state index contributed by atoms with van der Waals surface area (Å²) in [7, 11) is 0. The van der Waals surface area contributed by atoms with E-state index < -0.39 is 6.17 Å². The van der Waals surface area contributed by atoms with E-state index in [0.717, 1.165) is 50.6 Å². The number of alkyl halides is 1. The van der Waals surface area contributed by atoms with Gasteiger partial charge in [0.15, 0.2) is 0 Å². The average molecular weight is 339 g/mol. The molecule has 138 valence electrons. The molecule has 0 aliphatic heterocycles. The van der Waals surface area contributed by atoms with Crippen LogP contribution < -0.4 is 5.56 Å². The third kappa shape index (κ3) is 5.71. The van der Waals surface area contributed by atoms with E-state index in [0.29, 0.717) is 18.8 Å².